The summed E-state index contributed by atoms with van der Waals surface area (Å²) < 4.78 is 0.964. The summed E-state index contributed by atoms with van der Waals surface area (Å²) in [6, 6.07) is 11.5. The van der Waals surface area contributed by atoms with Gasteiger partial charge in [-0.2, -0.15) is 20.1 Å². The maximum atomic E-state index is 12.7. The van der Waals surface area contributed by atoms with Gasteiger partial charge >= 0.3 is 0 Å². The first-order valence-corrected chi connectivity index (χ1v) is 9.95. The molecule has 0 atom stereocenters. The van der Waals surface area contributed by atoms with Crippen LogP contribution in [0.4, 0.5) is 0 Å². The number of hydrazone groups is 1. The van der Waals surface area contributed by atoms with Gasteiger partial charge in [0.05, 0.1) is 16.9 Å². The number of hydrogen-bond acceptors (Lipinski definition) is 5. The first-order chi connectivity index (χ1) is 14.7. The third kappa shape index (κ3) is 4.78. The van der Waals surface area contributed by atoms with Crippen molar-refractivity contribution in [2.45, 2.75) is 13.8 Å². The number of nitrogens with one attached hydrogen (secondary N) is 1. The summed E-state index contributed by atoms with van der Waals surface area (Å²) in [5.41, 5.74) is 3.13. The Bertz CT molecular complexity index is 1330. The second kappa shape index (κ2) is 9.31. The Labute approximate surface area is 192 Å². The van der Waals surface area contributed by atoms with Gasteiger partial charge in [0.25, 0.3) is 11.5 Å². The van der Waals surface area contributed by atoms with E-state index in [-0.39, 0.29) is 16.8 Å². The summed E-state index contributed by atoms with van der Waals surface area (Å²) in [5.74, 6) is -0.706. The van der Waals surface area contributed by atoms with Gasteiger partial charge < -0.3 is 0 Å². The molecule has 1 amide bonds. The number of aromatic nitrogens is 2. The van der Waals surface area contributed by atoms with E-state index in [2.05, 4.69) is 15.6 Å². The van der Waals surface area contributed by atoms with Crippen LogP contribution in [0.3, 0.4) is 0 Å². The van der Waals surface area contributed by atoms with Crippen LogP contribution >= 0.6 is 34.8 Å². The third-order valence-electron chi connectivity index (χ3n) is 4.40. The number of amides is 1. The molecule has 0 aliphatic rings. The first-order valence-electron chi connectivity index (χ1n) is 8.82. The van der Waals surface area contributed by atoms with E-state index < -0.39 is 11.5 Å². The third-order valence-corrected chi connectivity index (χ3v) is 5.37. The second-order valence-corrected chi connectivity index (χ2v) is 7.73. The highest BCUT2D eigenvalue weighted by atomic mass is 35.5. The SMILES string of the molecule is Cc1ccc(-n2nc(C(=O)NN=Cc3ccc(Cl)cc3Cl)c(C)c(C#N)c2=O)cc1Cl. The molecule has 2 aromatic carbocycles. The molecule has 0 radical (unpaired) electrons. The molecule has 0 aliphatic heterocycles. The van der Waals surface area contributed by atoms with Gasteiger partial charge in [0.15, 0.2) is 5.69 Å². The van der Waals surface area contributed by atoms with Gasteiger partial charge in [0.2, 0.25) is 0 Å². The largest absolute Gasteiger partial charge is 0.292 e. The predicted molar refractivity (Wildman–Crippen MR) is 121 cm³/mol. The number of nitrogens with zero attached hydrogens (tertiary/aromatic N) is 4. The number of carbonyl (C=O) groups excluding carboxylic acids is 1. The van der Waals surface area contributed by atoms with Crippen molar-refractivity contribution in [2.75, 3.05) is 0 Å². The summed E-state index contributed by atoms with van der Waals surface area (Å²) >= 11 is 18.1. The Kier molecular flexibility index (Phi) is 6.76. The van der Waals surface area contributed by atoms with Crippen LogP contribution in [0, 0.1) is 25.2 Å². The summed E-state index contributed by atoms with van der Waals surface area (Å²) in [4.78, 5) is 25.4. The molecule has 0 saturated carbocycles. The van der Waals surface area contributed by atoms with Crippen molar-refractivity contribution in [1.29, 1.82) is 5.26 Å². The number of halogens is 3. The Morgan fingerprint density at radius 2 is 1.90 bits per heavy atom. The number of carbonyl (C=O) groups is 1. The van der Waals surface area contributed by atoms with Crippen LogP contribution < -0.4 is 11.0 Å². The highest BCUT2D eigenvalue weighted by Gasteiger charge is 2.20. The fourth-order valence-electron chi connectivity index (χ4n) is 2.66. The zero-order valence-corrected chi connectivity index (χ0v) is 18.5. The molecule has 1 aromatic heterocycles. The zero-order valence-electron chi connectivity index (χ0n) is 16.3. The van der Waals surface area contributed by atoms with Gasteiger partial charge in [0, 0.05) is 21.2 Å². The van der Waals surface area contributed by atoms with Crippen molar-refractivity contribution < 1.29 is 4.79 Å². The molecule has 0 aliphatic carbocycles. The second-order valence-electron chi connectivity index (χ2n) is 6.48. The lowest BCUT2D eigenvalue weighted by molar-refractivity contribution is 0.0947. The maximum absolute atomic E-state index is 12.7. The first kappa shape index (κ1) is 22.5. The summed E-state index contributed by atoms with van der Waals surface area (Å²) in [5, 5.41) is 18.7. The van der Waals surface area contributed by atoms with Crippen LogP contribution in [0.1, 0.15) is 32.7 Å². The van der Waals surface area contributed by atoms with Gasteiger partial charge in [-0.05, 0) is 43.7 Å². The van der Waals surface area contributed by atoms with Crippen LogP contribution in [0.2, 0.25) is 15.1 Å². The van der Waals surface area contributed by atoms with Crippen LogP contribution in [0.25, 0.3) is 5.69 Å². The van der Waals surface area contributed by atoms with E-state index in [0.29, 0.717) is 26.3 Å². The highest BCUT2D eigenvalue weighted by Crippen LogP contribution is 2.20. The van der Waals surface area contributed by atoms with Crippen LogP contribution in [-0.4, -0.2) is 21.9 Å². The molecule has 3 rings (SSSR count). The molecular weight excluding hydrogens is 461 g/mol. The molecule has 10 heteroatoms. The van der Waals surface area contributed by atoms with Gasteiger partial charge in [-0.15, -0.1) is 0 Å². The fourth-order valence-corrected chi connectivity index (χ4v) is 3.29. The van der Waals surface area contributed by atoms with E-state index in [1.165, 1.54) is 19.2 Å². The standard InChI is InChI=1S/C21H14Cl3N5O2/c1-11-3-6-15(8-17(11)23)29-21(31)16(9-25)12(2)19(28-29)20(30)27-26-10-13-4-5-14(22)7-18(13)24/h3-8,10H,1-2H3,(H,27,30). The molecule has 7 nitrogen and oxygen atoms in total. The zero-order chi connectivity index (χ0) is 22.7. The molecule has 1 N–H and O–H groups in total. The Balaban J connectivity index is 1.99. The molecule has 1 heterocycles. The summed E-state index contributed by atoms with van der Waals surface area (Å²) in [7, 11) is 0. The normalized spacial score (nSPS) is 10.8. The lowest BCUT2D eigenvalue weighted by atomic mass is 10.1. The topological polar surface area (TPSA) is 100 Å². The minimum absolute atomic E-state index is 0.132. The molecule has 31 heavy (non-hydrogen) atoms. The Hall–Kier alpha value is -3.18. The minimum atomic E-state index is -0.706. The number of rotatable bonds is 4. The maximum Gasteiger partial charge on any atom is 0.292 e. The predicted octanol–water partition coefficient (Wildman–Crippen LogP) is 4.45. The van der Waals surface area contributed by atoms with Crippen molar-refractivity contribution >= 4 is 46.9 Å². The average Bonchev–Trinajstić information content (AvgIpc) is 2.72. The molecule has 0 bridgehead atoms. The average molecular weight is 475 g/mol. The van der Waals surface area contributed by atoms with Gasteiger partial charge in [-0.25, -0.2) is 5.43 Å². The van der Waals surface area contributed by atoms with E-state index in [0.717, 1.165) is 10.2 Å². The lowest BCUT2D eigenvalue weighted by Gasteiger charge is -2.11. The van der Waals surface area contributed by atoms with Gasteiger partial charge in [0.1, 0.15) is 11.6 Å². The molecule has 0 spiro atoms. The molecule has 0 fully saturated rings. The van der Waals surface area contributed by atoms with Crippen LogP contribution in [-0.2, 0) is 0 Å². The van der Waals surface area contributed by atoms with E-state index >= 15 is 0 Å². The highest BCUT2D eigenvalue weighted by molar-refractivity contribution is 6.36. The number of nitriles is 1. The van der Waals surface area contributed by atoms with Crippen molar-refractivity contribution in [3.63, 3.8) is 0 Å². The van der Waals surface area contributed by atoms with Gasteiger partial charge in [-0.1, -0.05) is 46.9 Å². The van der Waals surface area contributed by atoms with Crippen molar-refractivity contribution in [3.8, 4) is 11.8 Å². The monoisotopic (exact) mass is 473 g/mol. The fraction of sp³-hybridized carbons (Fsp3) is 0.0952. The van der Waals surface area contributed by atoms with Crippen molar-refractivity contribution in [2.24, 2.45) is 5.10 Å². The number of benzene rings is 2. The molecule has 3 aromatic rings. The van der Waals surface area contributed by atoms with Gasteiger partial charge in [-0.3, -0.25) is 9.59 Å². The van der Waals surface area contributed by atoms with Crippen molar-refractivity contribution in [3.05, 3.63) is 89.8 Å². The number of hydrogen-bond donors (Lipinski definition) is 1. The van der Waals surface area contributed by atoms with Crippen LogP contribution in [0.5, 0.6) is 0 Å². The summed E-state index contributed by atoms with van der Waals surface area (Å²) in [6.45, 7) is 3.27. The summed E-state index contributed by atoms with van der Waals surface area (Å²) in [6.07, 6.45) is 1.34. The Morgan fingerprint density at radius 1 is 1.16 bits per heavy atom. The van der Waals surface area contributed by atoms with E-state index in [1.54, 1.807) is 30.3 Å². The minimum Gasteiger partial charge on any atom is -0.266 e. The molecule has 0 unspecified atom stereocenters. The lowest BCUT2D eigenvalue weighted by Crippen LogP contribution is -2.31. The van der Waals surface area contributed by atoms with Crippen LogP contribution in [0.15, 0.2) is 46.3 Å². The number of aryl methyl sites for hydroxylation is 1. The smallest absolute Gasteiger partial charge is 0.266 e. The van der Waals surface area contributed by atoms with E-state index in [1.807, 2.05) is 13.0 Å². The molecular formula is C21H14Cl3N5O2. The quantitative estimate of drug-likeness (QED) is 0.446. The Morgan fingerprint density at radius 3 is 2.55 bits per heavy atom. The van der Waals surface area contributed by atoms with E-state index in [4.69, 9.17) is 34.8 Å². The van der Waals surface area contributed by atoms with E-state index in [9.17, 15) is 14.9 Å². The molecule has 156 valence electrons. The van der Waals surface area contributed by atoms with Crippen molar-refractivity contribution in [1.82, 2.24) is 15.2 Å². The molecule has 0 saturated heterocycles.